The molecule has 3 aromatic carbocycles. The van der Waals surface area contributed by atoms with Gasteiger partial charge in [0, 0.05) is 11.8 Å². The first kappa shape index (κ1) is 21.6. The number of ether oxygens (including phenoxy) is 1. The third kappa shape index (κ3) is 4.97. The number of benzene rings is 3. The molecule has 0 aliphatic heterocycles. The lowest BCUT2D eigenvalue weighted by atomic mass is 10.2. The second-order valence-electron chi connectivity index (χ2n) is 6.76. The molecule has 0 aliphatic carbocycles. The Morgan fingerprint density at radius 1 is 0.969 bits per heavy atom. The number of urea groups is 1. The predicted molar refractivity (Wildman–Crippen MR) is 115 cm³/mol. The smallest absolute Gasteiger partial charge is 0.416 e. The van der Waals surface area contributed by atoms with E-state index in [1.807, 2.05) is 19.1 Å². The Hall–Kier alpha value is -3.66. The molecule has 0 radical (unpaired) electrons. The standard InChI is InChI=1S/C22H15F4N3O2S/c1-12-27-18-9-7-16(11-20(18)32-12)31-15-5-3-14(4-6-15)28-21(30)29-19-10-13(22(24,25)26)2-8-17(19)23/h2-11H,1H3,(H2,28,29,30). The van der Waals surface area contributed by atoms with E-state index in [1.54, 1.807) is 41.7 Å². The molecule has 0 spiro atoms. The van der Waals surface area contributed by atoms with Crippen LogP contribution in [0.4, 0.5) is 33.7 Å². The van der Waals surface area contributed by atoms with Gasteiger partial charge in [0.2, 0.25) is 0 Å². The van der Waals surface area contributed by atoms with Gasteiger partial charge in [0.15, 0.2) is 0 Å². The molecule has 10 heteroatoms. The van der Waals surface area contributed by atoms with E-state index in [0.29, 0.717) is 35.4 Å². The van der Waals surface area contributed by atoms with Gasteiger partial charge >= 0.3 is 12.2 Å². The number of carbonyl (C=O) groups is 1. The average Bonchev–Trinajstić information content (AvgIpc) is 3.09. The summed E-state index contributed by atoms with van der Waals surface area (Å²) in [4.78, 5) is 16.5. The van der Waals surface area contributed by atoms with Crippen molar-refractivity contribution in [3.8, 4) is 11.5 Å². The van der Waals surface area contributed by atoms with Crippen LogP contribution in [0.15, 0.2) is 60.7 Å². The Bertz CT molecular complexity index is 1290. The molecule has 2 N–H and O–H groups in total. The highest BCUT2D eigenvalue weighted by molar-refractivity contribution is 7.18. The number of aryl methyl sites for hydroxylation is 1. The third-order valence-corrected chi connectivity index (χ3v) is 5.29. The molecular formula is C22H15F4N3O2S. The molecule has 0 saturated heterocycles. The molecule has 1 aromatic heterocycles. The maximum absolute atomic E-state index is 13.8. The first-order chi connectivity index (χ1) is 15.2. The molecule has 0 bridgehead atoms. The van der Waals surface area contributed by atoms with Crippen LogP contribution in [-0.2, 0) is 6.18 Å². The van der Waals surface area contributed by atoms with Crippen molar-refractivity contribution in [1.82, 2.24) is 4.98 Å². The molecule has 2 amide bonds. The van der Waals surface area contributed by atoms with Crippen molar-refractivity contribution in [3.63, 3.8) is 0 Å². The van der Waals surface area contributed by atoms with Gasteiger partial charge in [-0.3, -0.25) is 0 Å². The molecule has 0 atom stereocenters. The summed E-state index contributed by atoms with van der Waals surface area (Å²) < 4.78 is 59.0. The Morgan fingerprint density at radius 2 is 1.69 bits per heavy atom. The number of nitrogens with one attached hydrogen (secondary N) is 2. The van der Waals surface area contributed by atoms with E-state index in [1.165, 1.54) is 0 Å². The summed E-state index contributed by atoms with van der Waals surface area (Å²) in [7, 11) is 0. The van der Waals surface area contributed by atoms with Crippen LogP contribution < -0.4 is 15.4 Å². The van der Waals surface area contributed by atoms with Crippen molar-refractivity contribution < 1.29 is 27.1 Å². The van der Waals surface area contributed by atoms with Crippen molar-refractivity contribution in [1.29, 1.82) is 0 Å². The number of amides is 2. The monoisotopic (exact) mass is 461 g/mol. The number of nitrogens with zero attached hydrogens (tertiary/aromatic N) is 1. The highest BCUT2D eigenvalue weighted by Gasteiger charge is 2.31. The number of anilines is 2. The third-order valence-electron chi connectivity index (χ3n) is 4.36. The summed E-state index contributed by atoms with van der Waals surface area (Å²) >= 11 is 1.56. The minimum Gasteiger partial charge on any atom is -0.457 e. The number of alkyl halides is 3. The first-order valence-corrected chi connectivity index (χ1v) is 10.1. The number of rotatable bonds is 4. The lowest BCUT2D eigenvalue weighted by Crippen LogP contribution is -2.20. The minimum absolute atomic E-state index is 0.343. The van der Waals surface area contributed by atoms with E-state index in [0.717, 1.165) is 15.2 Å². The lowest BCUT2D eigenvalue weighted by Gasteiger charge is -2.12. The van der Waals surface area contributed by atoms with Gasteiger partial charge in [-0.25, -0.2) is 14.2 Å². The van der Waals surface area contributed by atoms with Gasteiger partial charge in [-0.1, -0.05) is 0 Å². The van der Waals surface area contributed by atoms with Crippen molar-refractivity contribution in [2.24, 2.45) is 0 Å². The number of aromatic nitrogens is 1. The second-order valence-corrected chi connectivity index (χ2v) is 8.00. The van der Waals surface area contributed by atoms with Crippen LogP contribution in [0.5, 0.6) is 11.5 Å². The SMILES string of the molecule is Cc1nc2ccc(Oc3ccc(NC(=O)Nc4cc(C(F)(F)F)ccc4F)cc3)cc2s1. The number of thiazole rings is 1. The first-order valence-electron chi connectivity index (χ1n) is 9.27. The van der Waals surface area contributed by atoms with E-state index < -0.39 is 29.3 Å². The fraction of sp³-hybridized carbons (Fsp3) is 0.0909. The van der Waals surface area contributed by atoms with Crippen LogP contribution in [0.25, 0.3) is 10.2 Å². The summed E-state index contributed by atoms with van der Waals surface area (Å²) in [5.41, 5.74) is -0.410. The van der Waals surface area contributed by atoms with Gasteiger partial charge in [0.1, 0.15) is 17.3 Å². The summed E-state index contributed by atoms with van der Waals surface area (Å²) in [6.45, 7) is 1.93. The molecule has 0 aliphatic rings. The van der Waals surface area contributed by atoms with E-state index in [9.17, 15) is 22.4 Å². The fourth-order valence-corrected chi connectivity index (χ4v) is 3.76. The minimum atomic E-state index is -4.65. The fourth-order valence-electron chi connectivity index (χ4n) is 2.91. The highest BCUT2D eigenvalue weighted by Crippen LogP contribution is 2.32. The summed E-state index contributed by atoms with van der Waals surface area (Å²) in [5, 5.41) is 5.47. The normalized spacial score (nSPS) is 11.4. The van der Waals surface area contributed by atoms with Crippen LogP contribution in [0.2, 0.25) is 0 Å². The molecular weight excluding hydrogens is 446 g/mol. The number of hydrogen-bond acceptors (Lipinski definition) is 4. The maximum atomic E-state index is 13.8. The molecule has 4 rings (SSSR count). The van der Waals surface area contributed by atoms with Crippen LogP contribution in [-0.4, -0.2) is 11.0 Å². The second kappa shape index (κ2) is 8.46. The van der Waals surface area contributed by atoms with Crippen LogP contribution in [0.3, 0.4) is 0 Å². The molecule has 1 heterocycles. The number of fused-ring (bicyclic) bond motifs is 1. The Balaban J connectivity index is 1.40. The van der Waals surface area contributed by atoms with Crippen LogP contribution >= 0.6 is 11.3 Å². The van der Waals surface area contributed by atoms with Crippen molar-refractivity contribution in [2.45, 2.75) is 13.1 Å². The number of carbonyl (C=O) groups excluding carboxylic acids is 1. The van der Waals surface area contributed by atoms with E-state index >= 15 is 0 Å². The summed E-state index contributed by atoms with van der Waals surface area (Å²) in [6.07, 6.45) is -4.65. The molecule has 4 aromatic rings. The largest absolute Gasteiger partial charge is 0.457 e. The molecule has 0 saturated carbocycles. The molecule has 0 fully saturated rings. The quantitative estimate of drug-likeness (QED) is 0.316. The van der Waals surface area contributed by atoms with Gasteiger partial charge in [-0.05, 0) is 61.5 Å². The average molecular weight is 461 g/mol. The Labute approximate surface area is 183 Å². The van der Waals surface area contributed by atoms with Crippen LogP contribution in [0, 0.1) is 12.7 Å². The highest BCUT2D eigenvalue weighted by atomic mass is 32.1. The zero-order valence-electron chi connectivity index (χ0n) is 16.5. The summed E-state index contributed by atoms with van der Waals surface area (Å²) in [6, 6.07) is 12.8. The zero-order valence-corrected chi connectivity index (χ0v) is 17.3. The molecule has 164 valence electrons. The van der Waals surface area contributed by atoms with E-state index in [4.69, 9.17) is 4.74 Å². The van der Waals surface area contributed by atoms with Gasteiger partial charge < -0.3 is 15.4 Å². The summed E-state index contributed by atoms with van der Waals surface area (Å²) in [5.74, 6) is 0.157. The lowest BCUT2D eigenvalue weighted by molar-refractivity contribution is -0.137. The molecule has 0 unspecified atom stereocenters. The predicted octanol–water partition coefficient (Wildman–Crippen LogP) is 7.20. The Kier molecular flexibility index (Phi) is 5.70. The van der Waals surface area contributed by atoms with Gasteiger partial charge in [0.05, 0.1) is 26.5 Å². The topological polar surface area (TPSA) is 63.2 Å². The van der Waals surface area contributed by atoms with Crippen LogP contribution in [0.1, 0.15) is 10.6 Å². The van der Waals surface area contributed by atoms with Gasteiger partial charge in [-0.15, -0.1) is 11.3 Å². The van der Waals surface area contributed by atoms with Gasteiger partial charge in [0.25, 0.3) is 0 Å². The van der Waals surface area contributed by atoms with Gasteiger partial charge in [-0.2, -0.15) is 13.2 Å². The zero-order chi connectivity index (χ0) is 22.9. The maximum Gasteiger partial charge on any atom is 0.416 e. The van der Waals surface area contributed by atoms with Crippen molar-refractivity contribution >= 4 is 39.0 Å². The molecule has 32 heavy (non-hydrogen) atoms. The van der Waals surface area contributed by atoms with Crippen molar-refractivity contribution in [3.05, 3.63) is 77.1 Å². The van der Waals surface area contributed by atoms with E-state index in [-0.39, 0.29) is 0 Å². The molecule has 5 nitrogen and oxygen atoms in total. The number of halogens is 4. The van der Waals surface area contributed by atoms with E-state index in [2.05, 4.69) is 15.6 Å². The van der Waals surface area contributed by atoms with Crippen molar-refractivity contribution in [2.75, 3.05) is 10.6 Å². The Morgan fingerprint density at radius 3 is 2.41 bits per heavy atom. The number of hydrogen-bond donors (Lipinski definition) is 2.